The van der Waals surface area contributed by atoms with E-state index in [4.69, 9.17) is 33.1 Å². The number of nitrogen functional groups attached to an aromatic ring is 2. The summed E-state index contributed by atoms with van der Waals surface area (Å²) in [5.41, 5.74) is 10.8. The van der Waals surface area contributed by atoms with Crippen LogP contribution in [0.3, 0.4) is 0 Å². The summed E-state index contributed by atoms with van der Waals surface area (Å²) in [7, 11) is 0. The Morgan fingerprint density at radius 1 is 1.15 bits per heavy atom. The minimum absolute atomic E-state index is 0.0204. The van der Waals surface area contributed by atoms with Gasteiger partial charge in [0.2, 0.25) is 0 Å². The fraction of sp³-hybridized carbons (Fsp3) is 0. The number of nitrogens with two attached hydrogens (primary N) is 2. The van der Waals surface area contributed by atoms with Crippen LogP contribution in [0, 0.1) is 23.0 Å². The van der Waals surface area contributed by atoms with Gasteiger partial charge in [-0.3, -0.25) is 0 Å². The highest BCUT2D eigenvalue weighted by Crippen LogP contribution is 2.38. The van der Waals surface area contributed by atoms with E-state index in [1.807, 2.05) is 0 Å². The van der Waals surface area contributed by atoms with E-state index in [1.54, 1.807) is 6.07 Å². The van der Waals surface area contributed by atoms with Gasteiger partial charge in [0.1, 0.15) is 22.7 Å². The molecule has 2 rings (SSSR count). The summed E-state index contributed by atoms with van der Waals surface area (Å²) >= 11 is 5.65. The average Bonchev–Trinajstić information content (AvgIpc) is 2.41. The van der Waals surface area contributed by atoms with Crippen LogP contribution >= 0.6 is 11.6 Å². The van der Waals surface area contributed by atoms with Crippen molar-refractivity contribution in [3.05, 3.63) is 46.5 Å². The summed E-state index contributed by atoms with van der Waals surface area (Å²) in [6.07, 6.45) is 0. The Balaban J connectivity index is 2.43. The molecule has 2 aromatic carbocycles. The highest BCUT2D eigenvalue weighted by atomic mass is 35.5. The van der Waals surface area contributed by atoms with E-state index < -0.39 is 11.6 Å². The van der Waals surface area contributed by atoms with Crippen molar-refractivity contribution in [1.29, 1.82) is 5.26 Å². The van der Waals surface area contributed by atoms with E-state index in [2.05, 4.69) is 0 Å². The van der Waals surface area contributed by atoms with E-state index in [-0.39, 0.29) is 33.5 Å². The summed E-state index contributed by atoms with van der Waals surface area (Å²) < 4.78 is 32.5. The molecule has 0 atom stereocenters. The van der Waals surface area contributed by atoms with Crippen molar-refractivity contribution in [1.82, 2.24) is 0 Å². The monoisotopic (exact) mass is 295 g/mol. The Kier molecular flexibility index (Phi) is 3.63. The summed E-state index contributed by atoms with van der Waals surface area (Å²) in [5.74, 6) is -2.10. The molecular formula is C13H8ClF2N3O. The lowest BCUT2D eigenvalue weighted by Gasteiger charge is -2.12. The van der Waals surface area contributed by atoms with Crippen LogP contribution in [-0.2, 0) is 0 Å². The van der Waals surface area contributed by atoms with E-state index >= 15 is 0 Å². The number of hydrogen-bond acceptors (Lipinski definition) is 4. The van der Waals surface area contributed by atoms with E-state index in [9.17, 15) is 8.78 Å². The molecule has 20 heavy (non-hydrogen) atoms. The van der Waals surface area contributed by atoms with Gasteiger partial charge in [0.15, 0.2) is 11.6 Å². The second-order valence-electron chi connectivity index (χ2n) is 3.87. The third-order valence-corrected chi connectivity index (χ3v) is 2.88. The van der Waals surface area contributed by atoms with Gasteiger partial charge in [0.25, 0.3) is 0 Å². The number of ether oxygens (including phenoxy) is 1. The molecule has 4 nitrogen and oxygen atoms in total. The molecule has 0 amide bonds. The van der Waals surface area contributed by atoms with Crippen LogP contribution in [0.4, 0.5) is 20.2 Å². The Labute approximate surface area is 118 Å². The molecule has 0 radical (unpaired) electrons. The Morgan fingerprint density at radius 3 is 2.45 bits per heavy atom. The zero-order valence-electron chi connectivity index (χ0n) is 9.95. The maximum Gasteiger partial charge on any atom is 0.188 e. The lowest BCUT2D eigenvalue weighted by molar-refractivity contribution is 0.441. The normalized spacial score (nSPS) is 10.1. The Morgan fingerprint density at radius 2 is 1.85 bits per heavy atom. The molecule has 0 spiro atoms. The largest absolute Gasteiger partial charge is 0.452 e. The van der Waals surface area contributed by atoms with Crippen LogP contribution in [0.1, 0.15) is 5.56 Å². The zero-order valence-corrected chi connectivity index (χ0v) is 10.7. The summed E-state index contributed by atoms with van der Waals surface area (Å²) in [6, 6.07) is 6.36. The first-order valence-electron chi connectivity index (χ1n) is 5.34. The maximum absolute atomic E-state index is 13.9. The quantitative estimate of drug-likeness (QED) is 0.831. The van der Waals surface area contributed by atoms with Gasteiger partial charge in [-0.1, -0.05) is 11.6 Å². The van der Waals surface area contributed by atoms with Gasteiger partial charge < -0.3 is 16.2 Å². The molecule has 0 unspecified atom stereocenters. The second kappa shape index (κ2) is 5.23. The van der Waals surface area contributed by atoms with Crippen molar-refractivity contribution in [2.75, 3.05) is 11.5 Å². The maximum atomic E-state index is 13.9. The fourth-order valence-corrected chi connectivity index (χ4v) is 1.66. The fourth-order valence-electron chi connectivity index (χ4n) is 1.52. The number of benzene rings is 2. The SMILES string of the molecule is N#Cc1ccc(Oc2c(N)cc(N)c(Cl)c2F)cc1F. The molecule has 0 aromatic heterocycles. The lowest BCUT2D eigenvalue weighted by Crippen LogP contribution is -2.00. The molecule has 0 heterocycles. The van der Waals surface area contributed by atoms with Gasteiger partial charge in [-0.15, -0.1) is 0 Å². The van der Waals surface area contributed by atoms with Crippen molar-refractivity contribution >= 4 is 23.0 Å². The van der Waals surface area contributed by atoms with Crippen LogP contribution in [0.5, 0.6) is 11.5 Å². The molecule has 102 valence electrons. The van der Waals surface area contributed by atoms with Gasteiger partial charge in [-0.2, -0.15) is 5.26 Å². The summed E-state index contributed by atoms with van der Waals surface area (Å²) in [5, 5.41) is 8.28. The smallest absolute Gasteiger partial charge is 0.188 e. The first kappa shape index (κ1) is 13.9. The van der Waals surface area contributed by atoms with Gasteiger partial charge in [0.05, 0.1) is 16.9 Å². The molecule has 7 heteroatoms. The van der Waals surface area contributed by atoms with Crippen LogP contribution < -0.4 is 16.2 Å². The molecular weight excluding hydrogens is 288 g/mol. The average molecular weight is 296 g/mol. The van der Waals surface area contributed by atoms with Crippen LogP contribution in [0.15, 0.2) is 24.3 Å². The number of anilines is 2. The first-order valence-corrected chi connectivity index (χ1v) is 5.72. The molecule has 0 saturated carbocycles. The van der Waals surface area contributed by atoms with Crippen molar-refractivity contribution in [2.24, 2.45) is 0 Å². The number of nitriles is 1. The number of halogens is 3. The molecule has 0 saturated heterocycles. The second-order valence-corrected chi connectivity index (χ2v) is 4.25. The van der Waals surface area contributed by atoms with Crippen molar-refractivity contribution in [3.63, 3.8) is 0 Å². The predicted molar refractivity (Wildman–Crippen MR) is 71.4 cm³/mol. The topological polar surface area (TPSA) is 85.1 Å². The zero-order chi connectivity index (χ0) is 14.9. The highest BCUT2D eigenvalue weighted by Gasteiger charge is 2.17. The van der Waals surface area contributed by atoms with Crippen LogP contribution in [0.2, 0.25) is 5.02 Å². The third-order valence-electron chi connectivity index (χ3n) is 2.50. The van der Waals surface area contributed by atoms with Gasteiger partial charge in [-0.05, 0) is 18.2 Å². The molecule has 0 aliphatic carbocycles. The number of hydrogen-bond donors (Lipinski definition) is 2. The van der Waals surface area contributed by atoms with E-state index in [0.717, 1.165) is 6.07 Å². The van der Waals surface area contributed by atoms with Gasteiger partial charge in [0, 0.05) is 6.07 Å². The van der Waals surface area contributed by atoms with Crippen molar-refractivity contribution in [2.45, 2.75) is 0 Å². The molecule has 0 aliphatic rings. The van der Waals surface area contributed by atoms with Gasteiger partial charge in [-0.25, -0.2) is 8.78 Å². The van der Waals surface area contributed by atoms with Gasteiger partial charge >= 0.3 is 0 Å². The van der Waals surface area contributed by atoms with Crippen LogP contribution in [0.25, 0.3) is 0 Å². The van der Waals surface area contributed by atoms with E-state index in [0.29, 0.717) is 0 Å². The predicted octanol–water partition coefficient (Wildman–Crippen LogP) is 3.45. The summed E-state index contributed by atoms with van der Waals surface area (Å²) in [4.78, 5) is 0. The van der Waals surface area contributed by atoms with Crippen molar-refractivity contribution < 1.29 is 13.5 Å². The molecule has 2 aromatic rings. The lowest BCUT2D eigenvalue weighted by atomic mass is 10.2. The van der Waals surface area contributed by atoms with E-state index in [1.165, 1.54) is 18.2 Å². The minimum Gasteiger partial charge on any atom is -0.452 e. The standard InChI is InChI=1S/C13H8ClF2N3O/c14-11-9(18)4-10(19)13(12(11)16)20-7-2-1-6(5-17)8(15)3-7/h1-4H,18-19H2. The summed E-state index contributed by atoms with van der Waals surface area (Å²) in [6.45, 7) is 0. The van der Waals surface area contributed by atoms with Crippen LogP contribution in [-0.4, -0.2) is 0 Å². The molecule has 4 N–H and O–H groups in total. The number of nitrogens with zero attached hydrogens (tertiary/aromatic N) is 1. The third kappa shape index (κ3) is 2.44. The number of rotatable bonds is 2. The molecule has 0 bridgehead atoms. The molecule has 0 fully saturated rings. The Hall–Kier alpha value is -2.52. The highest BCUT2D eigenvalue weighted by molar-refractivity contribution is 6.33. The Bertz CT molecular complexity index is 729. The minimum atomic E-state index is -0.936. The van der Waals surface area contributed by atoms with Crippen molar-refractivity contribution in [3.8, 4) is 17.6 Å². The molecule has 0 aliphatic heterocycles. The first-order chi connectivity index (χ1) is 9.43.